The normalized spacial score (nSPS) is 14.2. The molecule has 1 aliphatic rings. The lowest BCUT2D eigenvalue weighted by Crippen LogP contribution is -2.46. The van der Waals surface area contributed by atoms with Crippen molar-refractivity contribution in [1.29, 1.82) is 0 Å². The number of ether oxygens (including phenoxy) is 2. The van der Waals surface area contributed by atoms with Crippen LogP contribution in [0.5, 0.6) is 11.5 Å². The molecule has 0 bridgehead atoms. The molecule has 0 spiro atoms. The highest BCUT2D eigenvalue weighted by atomic mass is 16.5. The van der Waals surface area contributed by atoms with Gasteiger partial charge in [0.25, 0.3) is 0 Å². The van der Waals surface area contributed by atoms with Crippen LogP contribution in [0.3, 0.4) is 0 Å². The van der Waals surface area contributed by atoms with Gasteiger partial charge in [0.1, 0.15) is 11.5 Å². The minimum absolute atomic E-state index is 0.0199. The Balaban J connectivity index is 1.20. The molecule has 2 heterocycles. The van der Waals surface area contributed by atoms with Crippen LogP contribution in [0.4, 0.5) is 5.69 Å². The Morgan fingerprint density at radius 3 is 2.36 bits per heavy atom. The second-order valence-corrected chi connectivity index (χ2v) is 9.09. The molecule has 0 atom stereocenters. The van der Waals surface area contributed by atoms with E-state index in [9.17, 15) is 4.79 Å². The Hall–Kier alpha value is -3.77. The summed E-state index contributed by atoms with van der Waals surface area (Å²) in [5.41, 5.74) is 3.14. The number of hydrogen-bond acceptors (Lipinski definition) is 6. The van der Waals surface area contributed by atoms with E-state index in [4.69, 9.17) is 13.9 Å². The third-order valence-corrected chi connectivity index (χ3v) is 6.82. The van der Waals surface area contributed by atoms with Crippen molar-refractivity contribution >= 4 is 16.7 Å². The lowest BCUT2D eigenvalue weighted by atomic mass is 10.1. The Labute approximate surface area is 211 Å². The molecule has 3 aromatic carbocycles. The molecule has 1 aliphatic heterocycles. The Morgan fingerprint density at radius 1 is 0.861 bits per heavy atom. The van der Waals surface area contributed by atoms with Crippen LogP contribution in [0, 0.1) is 6.92 Å². The average molecular weight is 485 g/mol. The molecule has 4 aromatic rings. The number of hydrogen-bond donors (Lipinski definition) is 0. The van der Waals surface area contributed by atoms with Gasteiger partial charge < -0.3 is 18.8 Å². The quantitative estimate of drug-likeness (QED) is 0.314. The standard InChI is InChI=1S/C30H32N2O4/c1-22-28(33)24-12-8-15-27(30(24)36-29(22)23-10-4-3-5-11-23)35-21-9-16-31-17-19-32(20-18-31)25-13-6-7-14-26(25)34-2/h3-8,10-15H,9,16-21H2,1-2H3. The first kappa shape index (κ1) is 23.9. The van der Waals surface area contributed by atoms with Gasteiger partial charge in [0.15, 0.2) is 16.8 Å². The summed E-state index contributed by atoms with van der Waals surface area (Å²) >= 11 is 0. The predicted molar refractivity (Wildman–Crippen MR) is 144 cm³/mol. The zero-order chi connectivity index (χ0) is 24.9. The second kappa shape index (κ2) is 10.9. The van der Waals surface area contributed by atoms with Gasteiger partial charge in [0.05, 0.1) is 24.8 Å². The SMILES string of the molecule is COc1ccccc1N1CCN(CCCOc2cccc3c(=O)c(C)c(-c4ccccc4)oc23)CC1. The lowest BCUT2D eigenvalue weighted by Gasteiger charge is -2.36. The Bertz CT molecular complexity index is 1380. The molecule has 0 amide bonds. The van der Waals surface area contributed by atoms with E-state index in [2.05, 4.69) is 21.9 Å². The fourth-order valence-electron chi connectivity index (χ4n) is 4.84. The number of anilines is 1. The maximum atomic E-state index is 13.0. The molecular formula is C30H32N2O4. The topological polar surface area (TPSA) is 55.2 Å². The molecule has 0 radical (unpaired) electrons. The number of para-hydroxylation sites is 3. The van der Waals surface area contributed by atoms with Crippen molar-refractivity contribution in [2.24, 2.45) is 0 Å². The summed E-state index contributed by atoms with van der Waals surface area (Å²) in [5, 5.41) is 0.553. The van der Waals surface area contributed by atoms with Crippen molar-refractivity contribution in [3.63, 3.8) is 0 Å². The minimum Gasteiger partial charge on any atom is -0.495 e. The summed E-state index contributed by atoms with van der Waals surface area (Å²) in [6.45, 7) is 7.28. The third kappa shape index (κ3) is 4.95. The summed E-state index contributed by atoms with van der Waals surface area (Å²) < 4.78 is 17.9. The van der Waals surface area contributed by atoms with Gasteiger partial charge in [-0.05, 0) is 37.6 Å². The number of fused-ring (bicyclic) bond motifs is 1. The fourth-order valence-corrected chi connectivity index (χ4v) is 4.84. The summed E-state index contributed by atoms with van der Waals surface area (Å²) in [5.74, 6) is 2.13. The monoisotopic (exact) mass is 484 g/mol. The van der Waals surface area contributed by atoms with E-state index in [1.165, 1.54) is 0 Å². The molecule has 36 heavy (non-hydrogen) atoms. The van der Waals surface area contributed by atoms with Gasteiger partial charge in [-0.15, -0.1) is 0 Å². The van der Waals surface area contributed by atoms with Crippen LogP contribution in [-0.4, -0.2) is 51.3 Å². The maximum Gasteiger partial charge on any atom is 0.196 e. The molecule has 1 fully saturated rings. The smallest absolute Gasteiger partial charge is 0.196 e. The number of piperazine rings is 1. The van der Waals surface area contributed by atoms with Gasteiger partial charge in [-0.3, -0.25) is 9.69 Å². The highest BCUT2D eigenvalue weighted by molar-refractivity contribution is 5.85. The van der Waals surface area contributed by atoms with Crippen molar-refractivity contribution in [3.8, 4) is 22.8 Å². The van der Waals surface area contributed by atoms with Crippen LogP contribution >= 0.6 is 0 Å². The zero-order valence-corrected chi connectivity index (χ0v) is 20.9. The van der Waals surface area contributed by atoms with Gasteiger partial charge in [-0.1, -0.05) is 48.5 Å². The molecule has 0 N–H and O–H groups in total. The third-order valence-electron chi connectivity index (χ3n) is 6.82. The van der Waals surface area contributed by atoms with Crippen molar-refractivity contribution in [1.82, 2.24) is 4.90 Å². The first-order chi connectivity index (χ1) is 17.7. The van der Waals surface area contributed by atoms with E-state index in [0.717, 1.165) is 56.1 Å². The summed E-state index contributed by atoms with van der Waals surface area (Å²) in [6, 6.07) is 23.5. The van der Waals surface area contributed by atoms with E-state index in [1.807, 2.05) is 61.5 Å². The number of rotatable bonds is 8. The zero-order valence-electron chi connectivity index (χ0n) is 20.9. The molecule has 0 unspecified atom stereocenters. The number of methoxy groups -OCH3 is 1. The molecule has 6 nitrogen and oxygen atoms in total. The Morgan fingerprint density at radius 2 is 1.58 bits per heavy atom. The molecule has 1 aromatic heterocycles. The van der Waals surface area contributed by atoms with E-state index in [0.29, 0.717) is 34.6 Å². The van der Waals surface area contributed by atoms with Gasteiger partial charge in [-0.2, -0.15) is 0 Å². The highest BCUT2D eigenvalue weighted by Crippen LogP contribution is 2.31. The van der Waals surface area contributed by atoms with Crippen LogP contribution in [0.1, 0.15) is 12.0 Å². The minimum atomic E-state index is -0.0199. The molecule has 186 valence electrons. The molecule has 5 rings (SSSR count). The van der Waals surface area contributed by atoms with Crippen molar-refractivity contribution < 1.29 is 13.9 Å². The van der Waals surface area contributed by atoms with Crippen LogP contribution in [0.2, 0.25) is 0 Å². The van der Waals surface area contributed by atoms with Gasteiger partial charge in [0.2, 0.25) is 0 Å². The maximum absolute atomic E-state index is 13.0. The first-order valence-electron chi connectivity index (χ1n) is 12.5. The van der Waals surface area contributed by atoms with Crippen LogP contribution in [0.25, 0.3) is 22.3 Å². The molecular weight excluding hydrogens is 452 g/mol. The molecule has 0 saturated carbocycles. The van der Waals surface area contributed by atoms with Crippen LogP contribution in [0.15, 0.2) is 82.0 Å². The van der Waals surface area contributed by atoms with E-state index in [-0.39, 0.29) is 5.43 Å². The fraction of sp³-hybridized carbons (Fsp3) is 0.300. The molecule has 6 heteroatoms. The van der Waals surface area contributed by atoms with Gasteiger partial charge >= 0.3 is 0 Å². The number of benzene rings is 3. The largest absolute Gasteiger partial charge is 0.495 e. The predicted octanol–water partition coefficient (Wildman–Crippen LogP) is 5.37. The summed E-state index contributed by atoms with van der Waals surface area (Å²) in [4.78, 5) is 17.9. The van der Waals surface area contributed by atoms with E-state index in [1.54, 1.807) is 13.2 Å². The highest BCUT2D eigenvalue weighted by Gasteiger charge is 2.19. The average Bonchev–Trinajstić information content (AvgIpc) is 2.94. The van der Waals surface area contributed by atoms with Crippen LogP contribution in [-0.2, 0) is 0 Å². The molecule has 1 saturated heterocycles. The molecule has 0 aliphatic carbocycles. The van der Waals surface area contributed by atoms with E-state index >= 15 is 0 Å². The van der Waals surface area contributed by atoms with Gasteiger partial charge in [0, 0.05) is 43.9 Å². The van der Waals surface area contributed by atoms with Crippen molar-refractivity contribution in [2.75, 3.05) is 51.3 Å². The van der Waals surface area contributed by atoms with Crippen molar-refractivity contribution in [2.45, 2.75) is 13.3 Å². The first-order valence-corrected chi connectivity index (χ1v) is 12.5. The van der Waals surface area contributed by atoms with Crippen molar-refractivity contribution in [3.05, 3.63) is 88.6 Å². The summed E-state index contributed by atoms with van der Waals surface area (Å²) in [6.07, 6.45) is 0.896. The van der Waals surface area contributed by atoms with Gasteiger partial charge in [-0.25, -0.2) is 0 Å². The summed E-state index contributed by atoms with van der Waals surface area (Å²) in [7, 11) is 1.72. The van der Waals surface area contributed by atoms with E-state index < -0.39 is 0 Å². The second-order valence-electron chi connectivity index (χ2n) is 9.09. The number of nitrogens with zero attached hydrogens (tertiary/aromatic N) is 2. The Kier molecular flexibility index (Phi) is 7.23. The lowest BCUT2D eigenvalue weighted by molar-refractivity contribution is 0.224. The van der Waals surface area contributed by atoms with Crippen LogP contribution < -0.4 is 19.8 Å².